The minimum atomic E-state index is -4.15. The molecule has 0 bridgehead atoms. The van der Waals surface area contributed by atoms with Gasteiger partial charge < -0.3 is 29.5 Å². The molecule has 42 heavy (non-hydrogen) atoms. The van der Waals surface area contributed by atoms with Gasteiger partial charge in [0.1, 0.15) is 6.10 Å². The maximum Gasteiger partial charge on any atom is 0.407 e. The van der Waals surface area contributed by atoms with Crippen molar-refractivity contribution >= 4 is 21.8 Å². The van der Waals surface area contributed by atoms with Gasteiger partial charge in [0.25, 0.3) is 10.0 Å². The van der Waals surface area contributed by atoms with E-state index >= 15 is 0 Å². The summed E-state index contributed by atoms with van der Waals surface area (Å²) in [5.74, 6) is -0.0355. The molecule has 2 aliphatic heterocycles. The molecule has 1 aliphatic carbocycles. The van der Waals surface area contributed by atoms with Crippen LogP contribution in [-0.2, 0) is 35.5 Å². The highest BCUT2D eigenvalue weighted by Gasteiger charge is 2.44. The highest BCUT2D eigenvalue weighted by Crippen LogP contribution is 2.33. The van der Waals surface area contributed by atoms with E-state index in [1.807, 2.05) is 55.4 Å². The lowest BCUT2D eigenvalue weighted by Gasteiger charge is -2.31. The van der Waals surface area contributed by atoms with Gasteiger partial charge in [-0.25, -0.2) is 13.2 Å². The Morgan fingerprint density at radius 3 is 2.57 bits per heavy atom. The Kier molecular flexibility index (Phi) is 10.0. The number of carbonyl (C=O) groups is 1. The van der Waals surface area contributed by atoms with Crippen molar-refractivity contribution < 1.29 is 37.4 Å². The van der Waals surface area contributed by atoms with Crippen LogP contribution >= 0.6 is 0 Å². The molecule has 0 radical (unpaired) electrons. The molecule has 2 N–H and O–H groups in total. The van der Waals surface area contributed by atoms with E-state index in [2.05, 4.69) is 5.32 Å². The number of sulfonamides is 1. The lowest BCUT2D eigenvalue weighted by molar-refractivity contribution is -0.145. The zero-order chi connectivity index (χ0) is 29.7. The molecule has 2 aromatic carbocycles. The number of ether oxygens (including phenoxy) is 3. The van der Waals surface area contributed by atoms with E-state index in [0.717, 1.165) is 47.8 Å². The molecular weight excluding hydrogens is 562 g/mol. The minimum absolute atomic E-state index is 0.0355. The molecule has 2 aromatic rings. The predicted molar refractivity (Wildman–Crippen MR) is 155 cm³/mol. The molecule has 12 heteroatoms. The fourth-order valence-electron chi connectivity index (χ4n) is 5.70. The second-order valence-electron chi connectivity index (χ2n) is 11.4. The highest BCUT2D eigenvalue weighted by molar-refractivity contribution is 7.89. The van der Waals surface area contributed by atoms with E-state index in [4.69, 9.17) is 19.0 Å². The van der Waals surface area contributed by atoms with Gasteiger partial charge >= 0.3 is 6.09 Å². The number of aliphatic hydroxyl groups is 1. The van der Waals surface area contributed by atoms with Crippen molar-refractivity contribution in [2.75, 3.05) is 38.8 Å². The zero-order valence-corrected chi connectivity index (χ0v) is 24.9. The van der Waals surface area contributed by atoms with Crippen LogP contribution in [0, 0.1) is 5.92 Å². The smallest absolute Gasteiger partial charge is 0.407 e. The summed E-state index contributed by atoms with van der Waals surface area (Å²) in [6.07, 6.45) is 1.20. The first-order chi connectivity index (χ1) is 20.2. The monoisotopic (exact) mass is 603 g/mol. The van der Waals surface area contributed by atoms with Crippen LogP contribution in [0.4, 0.5) is 10.5 Å². The van der Waals surface area contributed by atoms with Crippen LogP contribution in [0.25, 0.3) is 0 Å². The predicted octanol–water partition coefficient (Wildman–Crippen LogP) is 3.08. The molecule has 0 spiro atoms. The standard InChI is InChI=1S/C30H41N3O8S/c1-32(2)22-11-8-14-24(18-22)42(36,37)33(41-23-12-6-7-13-23)19-27(34)26(17-21-9-4-3-5-10-21)31-30(35)40-28-20-39-29-25(28)15-16-38-29/h3-5,8-11,14,18,23,25-29,34H,6-7,12-13,15-17,19-20H2,1-2H3,(H,31,35)/t25-,26-,27+,28-,29+/m0/s1. The van der Waals surface area contributed by atoms with Gasteiger partial charge in [0.2, 0.25) is 0 Å². The molecule has 2 heterocycles. The number of nitrogens with one attached hydrogen (secondary N) is 1. The van der Waals surface area contributed by atoms with Crippen LogP contribution in [-0.4, -0.2) is 88.6 Å². The van der Waals surface area contributed by atoms with Crippen molar-refractivity contribution in [2.24, 2.45) is 5.92 Å². The van der Waals surface area contributed by atoms with Crippen LogP contribution in [0.1, 0.15) is 37.7 Å². The second-order valence-corrected chi connectivity index (χ2v) is 13.2. The van der Waals surface area contributed by atoms with Crippen molar-refractivity contribution in [1.82, 2.24) is 9.79 Å². The van der Waals surface area contributed by atoms with E-state index < -0.39 is 34.4 Å². The molecule has 0 unspecified atom stereocenters. The number of hydrogen-bond acceptors (Lipinski definition) is 9. The van der Waals surface area contributed by atoms with E-state index in [9.17, 15) is 18.3 Å². The van der Waals surface area contributed by atoms with Crippen molar-refractivity contribution in [3.63, 3.8) is 0 Å². The third-order valence-corrected chi connectivity index (χ3v) is 9.74. The number of fused-ring (bicyclic) bond motifs is 1. The number of benzene rings is 2. The first-order valence-corrected chi connectivity index (χ1v) is 16.0. The average Bonchev–Trinajstić information content (AvgIpc) is 3.74. The van der Waals surface area contributed by atoms with Gasteiger partial charge in [-0.2, -0.15) is 0 Å². The Bertz CT molecular complexity index is 1290. The van der Waals surface area contributed by atoms with E-state index in [1.165, 1.54) is 6.07 Å². The fourth-order valence-corrected chi connectivity index (χ4v) is 7.04. The van der Waals surface area contributed by atoms with Crippen molar-refractivity contribution in [1.29, 1.82) is 0 Å². The number of rotatable bonds is 12. The number of hydrogen-bond donors (Lipinski definition) is 2. The molecule has 0 aromatic heterocycles. The summed E-state index contributed by atoms with van der Waals surface area (Å²) < 4.78 is 45.5. The third-order valence-electron chi connectivity index (χ3n) is 8.11. The average molecular weight is 604 g/mol. The Balaban J connectivity index is 1.35. The molecule has 3 aliphatic rings. The summed E-state index contributed by atoms with van der Waals surface area (Å²) >= 11 is 0. The summed E-state index contributed by atoms with van der Waals surface area (Å²) in [6.45, 7) is 0.407. The lowest BCUT2D eigenvalue weighted by atomic mass is 10.0. The summed E-state index contributed by atoms with van der Waals surface area (Å²) in [5.41, 5.74) is 1.58. The van der Waals surface area contributed by atoms with Crippen LogP contribution < -0.4 is 10.2 Å². The van der Waals surface area contributed by atoms with Gasteiger partial charge in [-0.3, -0.25) is 4.84 Å². The maximum atomic E-state index is 13.9. The van der Waals surface area contributed by atoms with E-state index in [-0.39, 0.29) is 42.8 Å². The summed E-state index contributed by atoms with van der Waals surface area (Å²) in [4.78, 5) is 21.0. The number of amides is 1. The molecule has 11 nitrogen and oxygen atoms in total. The molecular formula is C30H41N3O8S. The lowest BCUT2D eigenvalue weighted by Crippen LogP contribution is -2.51. The van der Waals surface area contributed by atoms with Crippen molar-refractivity contribution in [3.8, 4) is 0 Å². The first-order valence-electron chi connectivity index (χ1n) is 14.6. The Morgan fingerprint density at radius 1 is 1.07 bits per heavy atom. The van der Waals surface area contributed by atoms with Crippen LogP contribution in [0.3, 0.4) is 0 Å². The normalized spacial score (nSPS) is 24.0. The number of nitrogens with zero attached hydrogens (tertiary/aromatic N) is 2. The van der Waals surface area contributed by atoms with Gasteiger partial charge in [-0.1, -0.05) is 53.7 Å². The molecule has 5 rings (SSSR count). The Morgan fingerprint density at radius 2 is 1.83 bits per heavy atom. The Hall–Kier alpha value is -2.74. The maximum absolute atomic E-state index is 13.9. The van der Waals surface area contributed by atoms with Crippen LogP contribution in [0.2, 0.25) is 0 Å². The second kappa shape index (κ2) is 13.7. The topological polar surface area (TPSA) is 127 Å². The Labute approximate surface area is 247 Å². The molecule has 3 fully saturated rings. The van der Waals surface area contributed by atoms with E-state index in [1.54, 1.807) is 12.1 Å². The van der Waals surface area contributed by atoms with Crippen LogP contribution in [0.15, 0.2) is 59.5 Å². The molecule has 1 amide bonds. The van der Waals surface area contributed by atoms with Gasteiger partial charge in [-0.15, -0.1) is 0 Å². The highest BCUT2D eigenvalue weighted by atomic mass is 32.2. The van der Waals surface area contributed by atoms with Crippen molar-refractivity contribution in [2.45, 2.75) is 74.1 Å². The van der Waals surface area contributed by atoms with Gasteiger partial charge in [-0.05, 0) is 49.4 Å². The SMILES string of the molecule is CN(C)c1cccc(S(=O)(=O)N(C[C@@H](O)[C@H](Cc2ccccc2)NC(=O)O[C@H]2CO[C@H]3OCC[C@H]32)OC2CCCC2)c1. The van der Waals surface area contributed by atoms with Gasteiger partial charge in [0.05, 0.1) is 48.8 Å². The molecule has 5 atom stereocenters. The largest absolute Gasteiger partial charge is 0.443 e. The number of aliphatic hydroxyl groups excluding tert-OH is 1. The molecule has 2 saturated heterocycles. The summed E-state index contributed by atoms with van der Waals surface area (Å²) in [5, 5.41) is 14.3. The van der Waals surface area contributed by atoms with Gasteiger partial charge in [0, 0.05) is 19.8 Å². The number of carbonyl (C=O) groups excluding carboxylic acids is 1. The van der Waals surface area contributed by atoms with Crippen LogP contribution in [0.5, 0.6) is 0 Å². The first kappa shape index (κ1) is 30.7. The number of hydroxylamine groups is 1. The fraction of sp³-hybridized carbons (Fsp3) is 0.567. The molecule has 1 saturated carbocycles. The third kappa shape index (κ3) is 7.42. The number of anilines is 1. The van der Waals surface area contributed by atoms with Crippen molar-refractivity contribution in [3.05, 3.63) is 60.2 Å². The zero-order valence-electron chi connectivity index (χ0n) is 24.1. The summed E-state index contributed by atoms with van der Waals surface area (Å²) in [6, 6.07) is 15.1. The quantitative estimate of drug-likeness (QED) is 0.352. The van der Waals surface area contributed by atoms with Gasteiger partial charge in [0.15, 0.2) is 6.29 Å². The minimum Gasteiger partial charge on any atom is -0.443 e. The van der Waals surface area contributed by atoms with E-state index in [0.29, 0.717) is 6.61 Å². The summed E-state index contributed by atoms with van der Waals surface area (Å²) in [7, 11) is -0.489. The molecule has 230 valence electrons. The number of alkyl carbamates (subject to hydrolysis) is 1.